The third-order valence-electron chi connectivity index (χ3n) is 3.07. The Labute approximate surface area is 118 Å². The minimum absolute atomic E-state index is 0.0283. The molecule has 3 atom stereocenters. The lowest BCUT2D eigenvalue weighted by molar-refractivity contribution is -0.0451. The highest BCUT2D eigenvalue weighted by atomic mass is 31.2. The molecule has 1 aliphatic heterocycles. The molecule has 1 fully saturated rings. The van der Waals surface area contributed by atoms with Crippen LogP contribution in [0.4, 0.5) is 0 Å². The molecule has 0 aromatic carbocycles. The van der Waals surface area contributed by atoms with Crippen LogP contribution in [0.5, 0.6) is 0 Å². The Kier molecular flexibility index (Phi) is 4.47. The minimum Gasteiger partial charge on any atom is -0.390 e. The van der Waals surface area contributed by atoms with Crippen LogP contribution >= 0.6 is 7.82 Å². The van der Waals surface area contributed by atoms with Gasteiger partial charge in [0.2, 0.25) is 0 Å². The lowest BCUT2D eigenvalue weighted by Gasteiger charge is -2.16. The predicted molar refractivity (Wildman–Crippen MR) is 68.6 cm³/mol. The van der Waals surface area contributed by atoms with E-state index in [-0.39, 0.29) is 6.42 Å². The number of ether oxygens (including phenoxy) is 1. The maximum Gasteiger partial charge on any atom is 0.469 e. The van der Waals surface area contributed by atoms with E-state index in [1.807, 2.05) is 0 Å². The van der Waals surface area contributed by atoms with Crippen molar-refractivity contribution in [1.29, 1.82) is 0 Å². The third-order valence-corrected chi connectivity index (χ3v) is 3.55. The number of nitrogens with zero attached hydrogens (tertiary/aromatic N) is 1. The fourth-order valence-electron chi connectivity index (χ4n) is 2.01. The SMILES string of the molecule is Cc1cn([C@H]2CC(O)C(COP(=O)(O)O)O2)c(=O)[nH]c1=O. The highest BCUT2D eigenvalue weighted by Crippen LogP contribution is 2.38. The maximum atomic E-state index is 11.7. The molecule has 0 aliphatic carbocycles. The minimum atomic E-state index is -4.67. The number of hydrogen-bond acceptors (Lipinski definition) is 6. The lowest BCUT2D eigenvalue weighted by atomic mass is 10.2. The van der Waals surface area contributed by atoms with Crippen molar-refractivity contribution in [3.8, 4) is 0 Å². The van der Waals surface area contributed by atoms with E-state index < -0.39 is 44.1 Å². The van der Waals surface area contributed by atoms with Gasteiger partial charge < -0.3 is 19.6 Å². The number of aromatic amines is 1. The largest absolute Gasteiger partial charge is 0.469 e. The van der Waals surface area contributed by atoms with E-state index in [0.29, 0.717) is 5.56 Å². The molecule has 1 saturated heterocycles. The Morgan fingerprint density at radius 2 is 2.19 bits per heavy atom. The summed E-state index contributed by atoms with van der Waals surface area (Å²) in [6.45, 7) is 0.994. The molecule has 21 heavy (non-hydrogen) atoms. The number of phosphoric acid groups is 1. The summed E-state index contributed by atoms with van der Waals surface area (Å²) in [5.41, 5.74) is -0.918. The smallest absolute Gasteiger partial charge is 0.390 e. The van der Waals surface area contributed by atoms with Gasteiger partial charge in [0.15, 0.2) is 0 Å². The van der Waals surface area contributed by atoms with E-state index in [4.69, 9.17) is 14.5 Å². The van der Waals surface area contributed by atoms with E-state index in [1.54, 1.807) is 0 Å². The summed E-state index contributed by atoms with van der Waals surface area (Å²) in [5.74, 6) is 0. The standard InChI is InChI=1S/C10H15N2O8P/c1-5-3-12(10(15)11-9(5)14)8-2-6(13)7(20-8)4-19-21(16,17)18/h3,6-8,13H,2,4H2,1H3,(H,11,14,15)(H2,16,17,18)/t6?,7?,8-/m1/s1. The van der Waals surface area contributed by atoms with E-state index in [9.17, 15) is 19.3 Å². The van der Waals surface area contributed by atoms with Crippen molar-refractivity contribution in [2.45, 2.75) is 31.8 Å². The number of aliphatic hydroxyl groups excluding tert-OH is 1. The molecule has 118 valence electrons. The van der Waals surface area contributed by atoms with Crippen LogP contribution in [-0.4, -0.2) is 43.3 Å². The number of phosphoric ester groups is 1. The Hall–Kier alpha value is -1.29. The van der Waals surface area contributed by atoms with Gasteiger partial charge in [0, 0.05) is 18.2 Å². The topological polar surface area (TPSA) is 151 Å². The summed E-state index contributed by atoms with van der Waals surface area (Å²) in [4.78, 5) is 42.3. The van der Waals surface area contributed by atoms with Gasteiger partial charge in [-0.25, -0.2) is 9.36 Å². The quantitative estimate of drug-likeness (QED) is 0.494. The van der Waals surface area contributed by atoms with Gasteiger partial charge in [-0.1, -0.05) is 0 Å². The van der Waals surface area contributed by atoms with Gasteiger partial charge in [-0.3, -0.25) is 18.9 Å². The highest BCUT2D eigenvalue weighted by Gasteiger charge is 2.37. The van der Waals surface area contributed by atoms with Crippen molar-refractivity contribution in [1.82, 2.24) is 9.55 Å². The van der Waals surface area contributed by atoms with Crippen LogP contribution < -0.4 is 11.2 Å². The van der Waals surface area contributed by atoms with Gasteiger partial charge in [0.25, 0.3) is 5.56 Å². The molecule has 2 unspecified atom stereocenters. The highest BCUT2D eigenvalue weighted by molar-refractivity contribution is 7.46. The first-order valence-electron chi connectivity index (χ1n) is 6.03. The maximum absolute atomic E-state index is 11.7. The molecule has 0 amide bonds. The zero-order valence-corrected chi connectivity index (χ0v) is 11.9. The second-order valence-corrected chi connectivity index (χ2v) is 5.94. The first-order valence-corrected chi connectivity index (χ1v) is 7.56. The van der Waals surface area contributed by atoms with Crippen LogP contribution in [0.15, 0.2) is 15.8 Å². The molecule has 10 nitrogen and oxygen atoms in total. The van der Waals surface area contributed by atoms with Gasteiger partial charge in [-0.15, -0.1) is 0 Å². The number of nitrogens with one attached hydrogen (secondary N) is 1. The first kappa shape index (κ1) is 16.1. The number of rotatable bonds is 4. The zero-order chi connectivity index (χ0) is 15.8. The van der Waals surface area contributed by atoms with Crippen LogP contribution in [0.1, 0.15) is 18.2 Å². The summed E-state index contributed by atoms with van der Waals surface area (Å²) in [6, 6.07) is 0. The van der Waals surface area contributed by atoms with E-state index in [0.717, 1.165) is 4.57 Å². The average molecular weight is 322 g/mol. The second-order valence-electron chi connectivity index (χ2n) is 4.70. The normalized spacial score (nSPS) is 26.2. The fourth-order valence-corrected chi connectivity index (χ4v) is 2.35. The Morgan fingerprint density at radius 1 is 1.52 bits per heavy atom. The molecule has 4 N–H and O–H groups in total. The van der Waals surface area contributed by atoms with Gasteiger partial charge >= 0.3 is 13.5 Å². The van der Waals surface area contributed by atoms with Crippen molar-refractivity contribution in [3.63, 3.8) is 0 Å². The molecule has 2 heterocycles. The monoisotopic (exact) mass is 322 g/mol. The number of aliphatic hydroxyl groups is 1. The number of H-pyrrole nitrogens is 1. The number of aromatic nitrogens is 2. The van der Waals surface area contributed by atoms with Crippen LogP contribution in [0.3, 0.4) is 0 Å². The summed E-state index contributed by atoms with van der Waals surface area (Å²) >= 11 is 0. The van der Waals surface area contributed by atoms with Crippen molar-refractivity contribution in [2.24, 2.45) is 0 Å². The number of aryl methyl sites for hydroxylation is 1. The molecule has 0 saturated carbocycles. The summed E-state index contributed by atoms with van der Waals surface area (Å²) in [6.07, 6.45) is -1.57. The predicted octanol–water partition coefficient (Wildman–Crippen LogP) is -1.40. The molecular formula is C10H15N2O8P. The Bertz CT molecular complexity index is 676. The van der Waals surface area contributed by atoms with E-state index in [2.05, 4.69) is 9.51 Å². The van der Waals surface area contributed by atoms with Crippen LogP contribution in [0.25, 0.3) is 0 Å². The Morgan fingerprint density at radius 3 is 2.81 bits per heavy atom. The molecule has 0 bridgehead atoms. The molecule has 1 aromatic rings. The molecule has 2 rings (SSSR count). The summed E-state index contributed by atoms with van der Waals surface area (Å²) < 4.78 is 21.4. The molecule has 0 spiro atoms. The second kappa shape index (κ2) is 5.84. The molecule has 11 heteroatoms. The fraction of sp³-hybridized carbons (Fsp3) is 0.600. The van der Waals surface area contributed by atoms with Crippen LogP contribution in [-0.2, 0) is 13.8 Å². The summed E-state index contributed by atoms with van der Waals surface area (Å²) in [7, 11) is -4.67. The van der Waals surface area contributed by atoms with Crippen molar-refractivity contribution >= 4 is 7.82 Å². The van der Waals surface area contributed by atoms with Gasteiger partial charge in [0.1, 0.15) is 12.3 Å². The van der Waals surface area contributed by atoms with E-state index in [1.165, 1.54) is 13.1 Å². The first-order chi connectivity index (χ1) is 9.67. The molecule has 1 aromatic heterocycles. The van der Waals surface area contributed by atoms with Gasteiger partial charge in [-0.05, 0) is 6.92 Å². The summed E-state index contributed by atoms with van der Waals surface area (Å²) in [5, 5.41) is 9.79. The van der Waals surface area contributed by atoms with Crippen LogP contribution in [0.2, 0.25) is 0 Å². The van der Waals surface area contributed by atoms with Crippen LogP contribution in [0, 0.1) is 6.92 Å². The zero-order valence-electron chi connectivity index (χ0n) is 11.0. The van der Waals surface area contributed by atoms with E-state index >= 15 is 0 Å². The Balaban J connectivity index is 2.14. The third kappa shape index (κ3) is 3.88. The molecule has 0 radical (unpaired) electrons. The lowest BCUT2D eigenvalue weighted by Crippen LogP contribution is -2.33. The number of hydrogen-bond donors (Lipinski definition) is 4. The van der Waals surface area contributed by atoms with Gasteiger partial charge in [-0.2, -0.15) is 0 Å². The average Bonchev–Trinajstić information content (AvgIpc) is 2.72. The molecular weight excluding hydrogens is 307 g/mol. The van der Waals surface area contributed by atoms with Gasteiger partial charge in [0.05, 0.1) is 12.7 Å². The van der Waals surface area contributed by atoms with Crippen molar-refractivity contribution < 1.29 is 28.7 Å². The molecule has 1 aliphatic rings. The van der Waals surface area contributed by atoms with Crippen molar-refractivity contribution in [3.05, 3.63) is 32.6 Å². The van der Waals surface area contributed by atoms with Crippen molar-refractivity contribution in [2.75, 3.05) is 6.61 Å².